The summed E-state index contributed by atoms with van der Waals surface area (Å²) in [6.45, 7) is 0. The van der Waals surface area contributed by atoms with Gasteiger partial charge in [-0.15, -0.1) is 0 Å². The molecular weight excluding hydrogens is 384 g/mol. The molecule has 152 valence electrons. The van der Waals surface area contributed by atoms with Crippen molar-refractivity contribution in [1.29, 1.82) is 0 Å². The van der Waals surface area contributed by atoms with E-state index in [-0.39, 0.29) is 36.0 Å². The molecule has 0 saturated heterocycles. The summed E-state index contributed by atoms with van der Waals surface area (Å²) in [6, 6.07) is 13.5. The molecule has 0 aliphatic carbocycles. The quantitative estimate of drug-likeness (QED) is 0.264. The Morgan fingerprint density at radius 2 is 0.700 bits per heavy atom. The molecule has 4 N–H and O–H groups in total. The summed E-state index contributed by atoms with van der Waals surface area (Å²) in [5.74, 6) is -0.779. The second-order valence-corrected chi connectivity index (χ2v) is 6.38. The number of rotatable bonds is 8. The smallest absolute Gasteiger partial charge is 0.186 e. The lowest BCUT2D eigenvalue weighted by molar-refractivity contribution is 0.0873. The lowest BCUT2D eigenvalue weighted by atomic mass is 10.1. The highest BCUT2D eigenvalue weighted by Gasteiger charge is 2.15. The van der Waals surface area contributed by atoms with Crippen molar-refractivity contribution in [2.24, 2.45) is 0 Å². The van der Waals surface area contributed by atoms with Crippen LogP contribution in [0.15, 0.2) is 73.3 Å². The van der Waals surface area contributed by atoms with Gasteiger partial charge in [0.1, 0.15) is 0 Å². The van der Waals surface area contributed by atoms with Crippen LogP contribution < -0.4 is 0 Å². The fourth-order valence-electron chi connectivity index (χ4n) is 2.69. The number of Topliss-reactive ketones (excluding diaryl/α,β-unsaturated/α-hetero) is 4. The fraction of sp³-hybridized carbons (Fsp3) is 0.0909. The zero-order chi connectivity index (χ0) is 21.3. The number of hydrogen-bond acceptors (Lipinski definition) is 4. The molecule has 0 saturated carbocycles. The summed E-state index contributed by atoms with van der Waals surface area (Å²) >= 11 is 0. The summed E-state index contributed by atoms with van der Waals surface area (Å²) in [5, 5.41) is 0. The van der Waals surface area contributed by atoms with Crippen LogP contribution in [0.5, 0.6) is 0 Å². The fourth-order valence-corrected chi connectivity index (χ4v) is 2.69. The van der Waals surface area contributed by atoms with Crippen LogP contribution >= 0.6 is 0 Å². The van der Waals surface area contributed by atoms with Crippen molar-refractivity contribution in [2.75, 3.05) is 0 Å². The Labute approximate surface area is 171 Å². The molecule has 0 spiro atoms. The van der Waals surface area contributed by atoms with Crippen molar-refractivity contribution >= 4 is 23.1 Å². The Hall–Kier alpha value is -4.20. The van der Waals surface area contributed by atoms with E-state index in [1.54, 1.807) is 73.3 Å². The lowest BCUT2D eigenvalue weighted by Gasteiger charge is -1.96. The largest absolute Gasteiger partial charge is 0.359 e. The molecule has 0 aliphatic heterocycles. The van der Waals surface area contributed by atoms with Crippen LogP contribution in [0, 0.1) is 0 Å². The van der Waals surface area contributed by atoms with Crippen molar-refractivity contribution in [3.05, 3.63) is 96.1 Å². The third-order valence-corrected chi connectivity index (χ3v) is 4.24. The Kier molecular flexibility index (Phi) is 6.73. The predicted molar refractivity (Wildman–Crippen MR) is 110 cm³/mol. The van der Waals surface area contributed by atoms with Gasteiger partial charge in [0.05, 0.1) is 35.6 Å². The van der Waals surface area contributed by atoms with Crippen molar-refractivity contribution in [3.8, 4) is 0 Å². The molecule has 4 rings (SSSR count). The van der Waals surface area contributed by atoms with Gasteiger partial charge in [0, 0.05) is 24.8 Å². The van der Waals surface area contributed by atoms with Crippen molar-refractivity contribution in [1.82, 2.24) is 19.9 Å². The van der Waals surface area contributed by atoms with Crippen LogP contribution in [-0.2, 0) is 0 Å². The van der Waals surface area contributed by atoms with E-state index in [1.807, 2.05) is 0 Å². The van der Waals surface area contributed by atoms with E-state index in [0.717, 1.165) is 0 Å². The molecule has 0 unspecified atom stereocenters. The molecule has 0 bridgehead atoms. The Bertz CT molecular complexity index is 912. The number of H-pyrrole nitrogens is 4. The monoisotopic (exact) mass is 404 g/mol. The van der Waals surface area contributed by atoms with E-state index in [9.17, 15) is 19.2 Å². The number of carbonyl (C=O) groups excluding carboxylic acids is 4. The summed E-state index contributed by atoms with van der Waals surface area (Å²) in [7, 11) is 0. The molecule has 30 heavy (non-hydrogen) atoms. The van der Waals surface area contributed by atoms with E-state index in [0.29, 0.717) is 22.8 Å². The second kappa shape index (κ2) is 9.83. The third kappa shape index (κ3) is 5.41. The Morgan fingerprint density at radius 3 is 0.867 bits per heavy atom. The number of nitrogens with one attached hydrogen (secondary N) is 4. The third-order valence-electron chi connectivity index (χ3n) is 4.24. The normalized spacial score (nSPS) is 10.1. The van der Waals surface area contributed by atoms with Crippen molar-refractivity contribution in [3.63, 3.8) is 0 Å². The Balaban J connectivity index is 0.000000171. The maximum atomic E-state index is 11.5. The van der Waals surface area contributed by atoms with E-state index in [2.05, 4.69) is 19.9 Å². The van der Waals surface area contributed by atoms with E-state index in [1.165, 1.54) is 0 Å². The molecule has 0 fully saturated rings. The number of aromatic amines is 4. The first-order valence-corrected chi connectivity index (χ1v) is 9.21. The minimum Gasteiger partial charge on any atom is -0.359 e. The van der Waals surface area contributed by atoms with Gasteiger partial charge in [-0.25, -0.2) is 0 Å². The SMILES string of the molecule is O=C(CC(=O)c1ccc[nH]1)c1ccc[nH]1.O=C(CC(=O)c1ccc[nH]1)c1ccc[nH]1. The first kappa shape index (κ1) is 20.5. The minimum atomic E-state index is -0.195. The van der Waals surface area contributed by atoms with Crippen LogP contribution in [0.25, 0.3) is 0 Å². The highest BCUT2D eigenvalue weighted by molar-refractivity contribution is 6.12. The molecule has 4 aromatic heterocycles. The predicted octanol–water partition coefficient (Wildman–Crippen LogP) is 3.60. The molecule has 0 amide bonds. The van der Waals surface area contributed by atoms with Crippen molar-refractivity contribution < 1.29 is 19.2 Å². The van der Waals surface area contributed by atoms with Crippen molar-refractivity contribution in [2.45, 2.75) is 12.8 Å². The van der Waals surface area contributed by atoms with Gasteiger partial charge in [0.15, 0.2) is 23.1 Å². The van der Waals surface area contributed by atoms with E-state index >= 15 is 0 Å². The highest BCUT2D eigenvalue weighted by Crippen LogP contribution is 2.06. The topological polar surface area (TPSA) is 131 Å². The van der Waals surface area contributed by atoms with Crippen LogP contribution in [-0.4, -0.2) is 43.1 Å². The van der Waals surface area contributed by atoms with Gasteiger partial charge in [-0.05, 0) is 48.5 Å². The molecular formula is C22H20N4O4. The van der Waals surface area contributed by atoms with Crippen LogP contribution in [0.4, 0.5) is 0 Å². The van der Waals surface area contributed by atoms with Crippen LogP contribution in [0.2, 0.25) is 0 Å². The van der Waals surface area contributed by atoms with Gasteiger partial charge in [-0.2, -0.15) is 0 Å². The van der Waals surface area contributed by atoms with Gasteiger partial charge in [0.2, 0.25) is 0 Å². The Morgan fingerprint density at radius 1 is 0.467 bits per heavy atom. The average Bonchev–Trinajstić information content (AvgIpc) is 3.55. The van der Waals surface area contributed by atoms with Gasteiger partial charge in [0.25, 0.3) is 0 Å². The zero-order valence-electron chi connectivity index (χ0n) is 16.0. The second-order valence-electron chi connectivity index (χ2n) is 6.38. The van der Waals surface area contributed by atoms with E-state index < -0.39 is 0 Å². The number of carbonyl (C=O) groups is 4. The molecule has 4 heterocycles. The molecule has 8 heteroatoms. The maximum Gasteiger partial charge on any atom is 0.186 e. The molecule has 0 radical (unpaired) electrons. The lowest BCUT2D eigenvalue weighted by Crippen LogP contribution is -2.09. The summed E-state index contributed by atoms with van der Waals surface area (Å²) in [6.07, 6.45) is 6.42. The van der Waals surface area contributed by atoms with Gasteiger partial charge in [-0.1, -0.05) is 0 Å². The summed E-state index contributed by atoms with van der Waals surface area (Å²) in [5.41, 5.74) is 1.87. The first-order valence-electron chi connectivity index (χ1n) is 9.21. The standard InChI is InChI=1S/2C11H10N2O2/c2*14-10(8-3-1-5-12-8)7-11(15)9-4-2-6-13-9/h2*1-6,12-13H,7H2. The summed E-state index contributed by atoms with van der Waals surface area (Å²) in [4.78, 5) is 57.3. The molecule has 8 nitrogen and oxygen atoms in total. The van der Waals surface area contributed by atoms with Gasteiger partial charge >= 0.3 is 0 Å². The minimum absolute atomic E-state index is 0.110. The van der Waals surface area contributed by atoms with E-state index in [4.69, 9.17) is 0 Å². The van der Waals surface area contributed by atoms with Crippen LogP contribution in [0.1, 0.15) is 54.8 Å². The number of aromatic nitrogens is 4. The maximum absolute atomic E-state index is 11.5. The summed E-state index contributed by atoms with van der Waals surface area (Å²) < 4.78 is 0. The first-order chi connectivity index (χ1) is 14.5. The number of ketones is 4. The molecule has 0 aromatic carbocycles. The molecule has 4 aromatic rings. The molecule has 0 aliphatic rings. The highest BCUT2D eigenvalue weighted by atomic mass is 16.2. The van der Waals surface area contributed by atoms with Gasteiger partial charge in [-0.3, -0.25) is 19.2 Å². The number of hydrogen-bond donors (Lipinski definition) is 4. The molecule has 0 atom stereocenters. The van der Waals surface area contributed by atoms with Crippen LogP contribution in [0.3, 0.4) is 0 Å². The average molecular weight is 404 g/mol. The zero-order valence-corrected chi connectivity index (χ0v) is 16.0. The van der Waals surface area contributed by atoms with Gasteiger partial charge < -0.3 is 19.9 Å².